The topological polar surface area (TPSA) is 64.7 Å². The Morgan fingerprint density at radius 2 is 1.96 bits per heavy atom. The van der Waals surface area contributed by atoms with Gasteiger partial charge >= 0.3 is 6.18 Å². The summed E-state index contributed by atoms with van der Waals surface area (Å²) in [6.45, 7) is 5.23. The molecule has 0 aliphatic heterocycles. The van der Waals surface area contributed by atoms with Gasteiger partial charge in [0.15, 0.2) is 5.69 Å². The molecule has 1 aliphatic rings. The van der Waals surface area contributed by atoms with E-state index in [4.69, 9.17) is 0 Å². The summed E-state index contributed by atoms with van der Waals surface area (Å²) in [6.07, 6.45) is -2.00. The number of amides is 1. The molecule has 2 aromatic rings. The van der Waals surface area contributed by atoms with E-state index < -0.39 is 11.9 Å². The number of aryl methyl sites for hydroxylation is 4. The van der Waals surface area contributed by atoms with Crippen molar-refractivity contribution in [2.75, 3.05) is 6.54 Å². The molecule has 0 spiro atoms. The Morgan fingerprint density at radius 1 is 1.25 bits per heavy atom. The molecule has 0 saturated heterocycles. The molecule has 0 atom stereocenters. The third-order valence-electron chi connectivity index (χ3n) is 4.69. The lowest BCUT2D eigenvalue weighted by atomic mass is 10.2. The number of aromatic nitrogens is 4. The third kappa shape index (κ3) is 4.95. The fraction of sp³-hybridized carbons (Fsp3) is 0.611. The van der Waals surface area contributed by atoms with Crippen molar-refractivity contribution in [1.82, 2.24) is 24.9 Å². The average molecular weight is 462 g/mol. The number of rotatable bonds is 8. The Morgan fingerprint density at radius 3 is 2.54 bits per heavy atom. The van der Waals surface area contributed by atoms with Gasteiger partial charge in [0.2, 0.25) is 5.91 Å². The first kappa shape index (κ1) is 20.9. The molecule has 2 aromatic heterocycles. The third-order valence-corrected chi connectivity index (χ3v) is 5.47. The van der Waals surface area contributed by atoms with Crippen molar-refractivity contribution in [3.05, 3.63) is 33.3 Å². The molecule has 0 unspecified atom stereocenters. The maximum absolute atomic E-state index is 13.1. The zero-order valence-corrected chi connectivity index (χ0v) is 17.4. The summed E-state index contributed by atoms with van der Waals surface area (Å²) in [5.74, 6) is -0.114. The molecule has 2 heterocycles. The van der Waals surface area contributed by atoms with Gasteiger partial charge in [-0.25, -0.2) is 0 Å². The molecule has 0 bridgehead atoms. The quantitative estimate of drug-likeness (QED) is 0.605. The second kappa shape index (κ2) is 8.26. The summed E-state index contributed by atoms with van der Waals surface area (Å²) >= 11 is 3.05. The molecule has 1 saturated carbocycles. The van der Waals surface area contributed by atoms with E-state index in [1.807, 2.05) is 24.6 Å². The van der Waals surface area contributed by atoms with Crippen LogP contribution in [-0.2, 0) is 24.1 Å². The van der Waals surface area contributed by atoms with E-state index >= 15 is 0 Å². The van der Waals surface area contributed by atoms with Crippen LogP contribution in [0.4, 0.5) is 13.2 Å². The molecule has 3 rings (SSSR count). The van der Waals surface area contributed by atoms with Gasteiger partial charge in [0.05, 0.1) is 22.4 Å². The highest BCUT2D eigenvalue weighted by Gasteiger charge is 2.41. The molecule has 1 N–H and O–H groups in total. The minimum Gasteiger partial charge on any atom is -0.356 e. The van der Waals surface area contributed by atoms with Gasteiger partial charge in [0.25, 0.3) is 0 Å². The highest BCUT2D eigenvalue weighted by atomic mass is 79.9. The molecule has 0 aromatic carbocycles. The summed E-state index contributed by atoms with van der Waals surface area (Å²) in [5, 5.41) is 10.9. The summed E-state index contributed by atoms with van der Waals surface area (Å²) in [5.41, 5.74) is 1.65. The van der Waals surface area contributed by atoms with Crippen molar-refractivity contribution in [2.45, 2.75) is 64.7 Å². The van der Waals surface area contributed by atoms with Crippen molar-refractivity contribution in [3.8, 4) is 0 Å². The van der Waals surface area contributed by atoms with E-state index in [9.17, 15) is 18.0 Å². The molecule has 154 valence electrons. The number of alkyl halides is 3. The van der Waals surface area contributed by atoms with Crippen LogP contribution in [0.3, 0.4) is 0 Å². The molecule has 10 heteroatoms. The van der Waals surface area contributed by atoms with E-state index in [2.05, 4.69) is 31.4 Å². The largest absolute Gasteiger partial charge is 0.436 e. The molecular formula is C18H23BrF3N5O. The van der Waals surface area contributed by atoms with Crippen LogP contribution in [0, 0.1) is 13.8 Å². The Kier molecular flexibility index (Phi) is 6.16. The number of hydrogen-bond acceptors (Lipinski definition) is 3. The molecule has 28 heavy (non-hydrogen) atoms. The minimum absolute atomic E-state index is 0.00722. The zero-order valence-electron chi connectivity index (χ0n) is 15.8. The summed E-state index contributed by atoms with van der Waals surface area (Å²) in [4.78, 5) is 12.1. The van der Waals surface area contributed by atoms with Crippen molar-refractivity contribution in [3.63, 3.8) is 0 Å². The lowest BCUT2D eigenvalue weighted by Crippen LogP contribution is -2.26. The fourth-order valence-electron chi connectivity index (χ4n) is 3.21. The lowest BCUT2D eigenvalue weighted by Gasteiger charge is -2.09. The van der Waals surface area contributed by atoms with Crippen LogP contribution in [0.2, 0.25) is 0 Å². The molecule has 0 radical (unpaired) electrons. The highest BCUT2D eigenvalue weighted by molar-refractivity contribution is 9.10. The first-order valence-corrected chi connectivity index (χ1v) is 10.1. The van der Waals surface area contributed by atoms with Gasteiger partial charge in [0.1, 0.15) is 0 Å². The van der Waals surface area contributed by atoms with Gasteiger partial charge in [-0.3, -0.25) is 14.2 Å². The fourth-order valence-corrected chi connectivity index (χ4v) is 4.04. The van der Waals surface area contributed by atoms with Crippen LogP contribution in [0.15, 0.2) is 10.5 Å². The number of carbonyl (C=O) groups excluding carboxylic acids is 1. The predicted molar refractivity (Wildman–Crippen MR) is 101 cm³/mol. The summed E-state index contributed by atoms with van der Waals surface area (Å²) in [6, 6.07) is 1.99. The Bertz CT molecular complexity index is 854. The van der Waals surface area contributed by atoms with Crippen LogP contribution in [0.25, 0.3) is 0 Å². The molecule has 1 aliphatic carbocycles. The number of hydrogen-bond donors (Lipinski definition) is 1. The summed E-state index contributed by atoms with van der Waals surface area (Å²) < 4.78 is 42.6. The first-order chi connectivity index (χ1) is 13.2. The van der Waals surface area contributed by atoms with Gasteiger partial charge < -0.3 is 5.32 Å². The monoisotopic (exact) mass is 461 g/mol. The van der Waals surface area contributed by atoms with Crippen molar-refractivity contribution in [1.29, 1.82) is 0 Å². The molecule has 1 fully saturated rings. The SMILES string of the molecule is Cc1cc(C)n(CCCNC(=O)CCn2nc(C(F)(F)F)c(Br)c2C2CC2)n1. The summed E-state index contributed by atoms with van der Waals surface area (Å²) in [7, 11) is 0. The maximum Gasteiger partial charge on any atom is 0.436 e. The first-order valence-electron chi connectivity index (χ1n) is 9.28. The normalized spacial score (nSPS) is 14.5. The van der Waals surface area contributed by atoms with Gasteiger partial charge in [0, 0.05) is 31.1 Å². The zero-order chi connectivity index (χ0) is 20.5. The van der Waals surface area contributed by atoms with E-state index in [1.165, 1.54) is 4.68 Å². The minimum atomic E-state index is -4.51. The number of halogens is 4. The number of carbonyl (C=O) groups is 1. The van der Waals surface area contributed by atoms with Crippen LogP contribution < -0.4 is 5.32 Å². The van der Waals surface area contributed by atoms with Crippen molar-refractivity contribution >= 4 is 21.8 Å². The van der Waals surface area contributed by atoms with Gasteiger partial charge in [-0.05, 0) is 55.1 Å². The van der Waals surface area contributed by atoms with Gasteiger partial charge in [-0.1, -0.05) is 0 Å². The second-order valence-corrected chi connectivity index (χ2v) is 7.94. The Labute approximate surface area is 169 Å². The van der Waals surface area contributed by atoms with Crippen LogP contribution >= 0.6 is 15.9 Å². The smallest absolute Gasteiger partial charge is 0.356 e. The molecule has 1 amide bonds. The van der Waals surface area contributed by atoms with Gasteiger partial charge in [-0.2, -0.15) is 23.4 Å². The highest BCUT2D eigenvalue weighted by Crippen LogP contribution is 2.46. The Hall–Kier alpha value is -1.84. The molecular weight excluding hydrogens is 439 g/mol. The van der Waals surface area contributed by atoms with E-state index in [0.29, 0.717) is 18.8 Å². The van der Waals surface area contributed by atoms with Crippen LogP contribution in [0.5, 0.6) is 0 Å². The second-order valence-electron chi connectivity index (χ2n) is 7.15. The van der Waals surface area contributed by atoms with Crippen molar-refractivity contribution < 1.29 is 18.0 Å². The average Bonchev–Trinajstić information content (AvgIpc) is 3.29. The van der Waals surface area contributed by atoms with E-state index in [0.717, 1.165) is 30.7 Å². The molecule has 6 nitrogen and oxygen atoms in total. The van der Waals surface area contributed by atoms with Crippen molar-refractivity contribution in [2.24, 2.45) is 0 Å². The predicted octanol–water partition coefficient (Wildman–Crippen LogP) is 3.95. The van der Waals surface area contributed by atoms with E-state index in [-0.39, 0.29) is 29.3 Å². The number of nitrogens with zero attached hydrogens (tertiary/aromatic N) is 4. The maximum atomic E-state index is 13.1. The number of nitrogens with one attached hydrogen (secondary N) is 1. The van der Waals surface area contributed by atoms with Crippen LogP contribution in [0.1, 0.15) is 54.4 Å². The standard InChI is InChI=1S/C18H23BrF3N5O/c1-11-10-12(2)26(24-11)8-3-7-23-14(28)6-9-27-16(13-4-5-13)15(19)17(25-27)18(20,21)22/h10,13H,3-9H2,1-2H3,(H,23,28). The lowest BCUT2D eigenvalue weighted by molar-refractivity contribution is -0.142. The van der Waals surface area contributed by atoms with Crippen LogP contribution in [-0.4, -0.2) is 32.0 Å². The van der Waals surface area contributed by atoms with E-state index in [1.54, 1.807) is 0 Å². The Balaban J connectivity index is 1.50. The van der Waals surface area contributed by atoms with Gasteiger partial charge in [-0.15, -0.1) is 0 Å².